The van der Waals surface area contributed by atoms with E-state index in [0.29, 0.717) is 5.75 Å². The van der Waals surface area contributed by atoms with Gasteiger partial charge in [-0.2, -0.15) is 0 Å². The smallest absolute Gasteiger partial charge is 0.230 e. The zero-order valence-electron chi connectivity index (χ0n) is 14.4. The van der Waals surface area contributed by atoms with Crippen molar-refractivity contribution < 1.29 is 9.32 Å². The van der Waals surface area contributed by atoms with E-state index in [2.05, 4.69) is 42.5 Å². The van der Waals surface area contributed by atoms with Crippen LogP contribution in [0.15, 0.2) is 22.7 Å². The number of amides is 1. The molecule has 1 heterocycles. The first-order chi connectivity index (χ1) is 10.9. The Balaban J connectivity index is 1.83. The van der Waals surface area contributed by atoms with Gasteiger partial charge in [0.2, 0.25) is 5.91 Å². The fraction of sp³-hybridized carbons (Fsp3) is 0.444. The average Bonchev–Trinajstić information content (AvgIpc) is 2.81. The molecule has 0 fully saturated rings. The lowest BCUT2D eigenvalue weighted by atomic mass is 10.0. The second kappa shape index (κ2) is 7.68. The largest absolute Gasteiger partial charge is 0.361 e. The molecule has 0 aliphatic rings. The van der Waals surface area contributed by atoms with Gasteiger partial charge in [-0.25, -0.2) is 0 Å². The Morgan fingerprint density at radius 2 is 2.00 bits per heavy atom. The minimum absolute atomic E-state index is 0.0152. The summed E-state index contributed by atoms with van der Waals surface area (Å²) in [6.45, 7) is 10.0. The molecule has 1 atom stereocenters. The van der Waals surface area contributed by atoms with Crippen LogP contribution in [0.25, 0.3) is 0 Å². The SMILES string of the molecule is Cc1ccc(C(C)NC(=O)CSCc2c(C)noc2C)cc1C. The molecule has 0 aliphatic carbocycles. The van der Waals surface area contributed by atoms with E-state index in [9.17, 15) is 4.79 Å². The zero-order chi connectivity index (χ0) is 17.0. The fourth-order valence-corrected chi connectivity index (χ4v) is 3.34. The number of aryl methyl sites for hydroxylation is 4. The van der Waals surface area contributed by atoms with Gasteiger partial charge in [0.25, 0.3) is 0 Å². The number of benzene rings is 1. The third-order valence-corrected chi connectivity index (χ3v) is 5.03. The molecule has 1 aromatic carbocycles. The first-order valence-corrected chi connectivity index (χ1v) is 8.90. The summed E-state index contributed by atoms with van der Waals surface area (Å²) in [5, 5.41) is 6.98. The number of thioether (sulfide) groups is 1. The van der Waals surface area contributed by atoms with Gasteiger partial charge in [0.05, 0.1) is 17.5 Å². The Morgan fingerprint density at radius 1 is 1.26 bits per heavy atom. The van der Waals surface area contributed by atoms with Crippen LogP contribution >= 0.6 is 11.8 Å². The molecule has 1 aromatic heterocycles. The van der Waals surface area contributed by atoms with Crippen LogP contribution in [0.5, 0.6) is 0 Å². The van der Waals surface area contributed by atoms with Crippen molar-refractivity contribution in [3.8, 4) is 0 Å². The Morgan fingerprint density at radius 3 is 2.61 bits per heavy atom. The normalized spacial score (nSPS) is 12.2. The molecule has 2 aromatic rings. The van der Waals surface area contributed by atoms with Gasteiger partial charge in [0.1, 0.15) is 5.76 Å². The molecule has 1 N–H and O–H groups in total. The summed E-state index contributed by atoms with van der Waals surface area (Å²) < 4.78 is 5.13. The third-order valence-electron chi connectivity index (χ3n) is 4.07. The Hall–Kier alpha value is -1.75. The topological polar surface area (TPSA) is 55.1 Å². The van der Waals surface area contributed by atoms with Crippen LogP contribution in [0.3, 0.4) is 0 Å². The molecule has 2 rings (SSSR count). The summed E-state index contributed by atoms with van der Waals surface area (Å²) in [7, 11) is 0. The Labute approximate surface area is 142 Å². The number of hydrogen-bond acceptors (Lipinski definition) is 4. The van der Waals surface area contributed by atoms with Gasteiger partial charge in [0, 0.05) is 11.3 Å². The molecule has 1 amide bonds. The maximum absolute atomic E-state index is 12.1. The Kier molecular flexibility index (Phi) is 5.88. The minimum atomic E-state index is 0.0152. The molecule has 4 nitrogen and oxygen atoms in total. The van der Waals surface area contributed by atoms with E-state index in [1.54, 1.807) is 11.8 Å². The predicted molar refractivity (Wildman–Crippen MR) is 94.6 cm³/mol. The van der Waals surface area contributed by atoms with Crippen LogP contribution in [0.4, 0.5) is 0 Å². The maximum atomic E-state index is 12.1. The van der Waals surface area contributed by atoms with E-state index in [0.717, 1.165) is 28.3 Å². The first kappa shape index (κ1) is 17.6. The molecule has 23 heavy (non-hydrogen) atoms. The number of aromatic nitrogens is 1. The Bertz CT molecular complexity index is 675. The third kappa shape index (κ3) is 4.61. The lowest BCUT2D eigenvalue weighted by Gasteiger charge is -2.15. The molecule has 5 heteroatoms. The van der Waals surface area contributed by atoms with E-state index >= 15 is 0 Å². The fourth-order valence-electron chi connectivity index (χ4n) is 2.35. The molecule has 1 unspecified atom stereocenters. The monoisotopic (exact) mass is 332 g/mol. The number of nitrogens with zero attached hydrogens (tertiary/aromatic N) is 1. The molecule has 0 spiro atoms. The summed E-state index contributed by atoms with van der Waals surface area (Å²) in [5.74, 6) is 2.05. The highest BCUT2D eigenvalue weighted by molar-refractivity contribution is 7.99. The lowest BCUT2D eigenvalue weighted by Crippen LogP contribution is -2.28. The molecular weight excluding hydrogens is 308 g/mol. The van der Waals surface area contributed by atoms with Gasteiger partial charge in [-0.3, -0.25) is 4.79 Å². The van der Waals surface area contributed by atoms with Crippen molar-refractivity contribution in [2.75, 3.05) is 5.75 Å². The predicted octanol–water partition coefficient (Wildman–Crippen LogP) is 4.02. The van der Waals surface area contributed by atoms with Crippen molar-refractivity contribution >= 4 is 17.7 Å². The van der Waals surface area contributed by atoms with Crippen LogP contribution in [-0.4, -0.2) is 16.8 Å². The van der Waals surface area contributed by atoms with E-state index in [1.165, 1.54) is 11.1 Å². The minimum Gasteiger partial charge on any atom is -0.361 e. The van der Waals surface area contributed by atoms with Crippen molar-refractivity contribution in [1.29, 1.82) is 0 Å². The van der Waals surface area contributed by atoms with E-state index in [1.807, 2.05) is 20.8 Å². The summed E-state index contributed by atoms with van der Waals surface area (Å²) in [4.78, 5) is 12.1. The van der Waals surface area contributed by atoms with Crippen molar-refractivity contribution in [2.45, 2.75) is 46.4 Å². The summed E-state index contributed by atoms with van der Waals surface area (Å²) in [6, 6.07) is 6.32. The number of nitrogens with one attached hydrogen (secondary N) is 1. The summed E-state index contributed by atoms with van der Waals surface area (Å²) >= 11 is 1.58. The molecule has 0 aliphatic heterocycles. The molecular formula is C18H24N2O2S. The van der Waals surface area contributed by atoms with Gasteiger partial charge in [-0.1, -0.05) is 23.4 Å². The van der Waals surface area contributed by atoms with Gasteiger partial charge < -0.3 is 9.84 Å². The van der Waals surface area contributed by atoms with Crippen molar-refractivity contribution in [1.82, 2.24) is 10.5 Å². The maximum Gasteiger partial charge on any atom is 0.230 e. The van der Waals surface area contributed by atoms with Crippen molar-refractivity contribution in [2.24, 2.45) is 0 Å². The van der Waals surface area contributed by atoms with Crippen LogP contribution in [0, 0.1) is 27.7 Å². The molecule has 0 bridgehead atoms. The second-order valence-corrected chi connectivity index (χ2v) is 6.91. The molecule has 0 saturated heterocycles. The highest BCUT2D eigenvalue weighted by Gasteiger charge is 2.12. The van der Waals surface area contributed by atoms with Crippen molar-refractivity contribution in [3.05, 3.63) is 51.9 Å². The van der Waals surface area contributed by atoms with Gasteiger partial charge in [-0.05, 0) is 51.3 Å². The second-order valence-electron chi connectivity index (χ2n) is 5.93. The average molecular weight is 332 g/mol. The van der Waals surface area contributed by atoms with Crippen LogP contribution < -0.4 is 5.32 Å². The number of rotatable bonds is 6. The zero-order valence-corrected chi connectivity index (χ0v) is 15.2. The van der Waals surface area contributed by atoms with Crippen LogP contribution in [0.1, 0.15) is 46.7 Å². The first-order valence-electron chi connectivity index (χ1n) is 7.74. The van der Waals surface area contributed by atoms with Gasteiger partial charge >= 0.3 is 0 Å². The van der Waals surface area contributed by atoms with E-state index < -0.39 is 0 Å². The van der Waals surface area contributed by atoms with Crippen LogP contribution in [0.2, 0.25) is 0 Å². The lowest BCUT2D eigenvalue weighted by molar-refractivity contribution is -0.119. The van der Waals surface area contributed by atoms with E-state index in [4.69, 9.17) is 4.52 Å². The van der Waals surface area contributed by atoms with Crippen molar-refractivity contribution in [3.63, 3.8) is 0 Å². The molecule has 0 saturated carbocycles. The van der Waals surface area contributed by atoms with Gasteiger partial charge in [-0.15, -0.1) is 11.8 Å². The highest BCUT2D eigenvalue weighted by atomic mass is 32.2. The highest BCUT2D eigenvalue weighted by Crippen LogP contribution is 2.20. The molecule has 0 radical (unpaired) electrons. The standard InChI is InChI=1S/C18H24N2O2S/c1-11-6-7-16(8-12(11)2)13(3)19-18(21)10-23-9-17-14(4)20-22-15(17)5/h6-8,13H,9-10H2,1-5H3,(H,19,21). The summed E-state index contributed by atoms with van der Waals surface area (Å²) in [5.41, 5.74) is 5.64. The molecule has 124 valence electrons. The van der Waals surface area contributed by atoms with E-state index in [-0.39, 0.29) is 11.9 Å². The van der Waals surface area contributed by atoms with Crippen LogP contribution in [-0.2, 0) is 10.5 Å². The quantitative estimate of drug-likeness (QED) is 0.868. The number of hydrogen-bond donors (Lipinski definition) is 1. The summed E-state index contributed by atoms with van der Waals surface area (Å²) in [6.07, 6.45) is 0. The number of carbonyl (C=O) groups is 1. The number of carbonyl (C=O) groups excluding carboxylic acids is 1. The van der Waals surface area contributed by atoms with Gasteiger partial charge in [0.15, 0.2) is 0 Å².